The van der Waals surface area contributed by atoms with Crippen LogP contribution in [0.1, 0.15) is 22.0 Å². The summed E-state index contributed by atoms with van der Waals surface area (Å²) in [6.45, 7) is 1.75. The van der Waals surface area contributed by atoms with Gasteiger partial charge in [0, 0.05) is 11.0 Å². The average Bonchev–Trinajstić information content (AvgIpc) is 2.86. The lowest BCUT2D eigenvalue weighted by Gasteiger charge is -2.19. The first-order valence-electron chi connectivity index (χ1n) is 6.16. The van der Waals surface area contributed by atoms with E-state index in [9.17, 15) is 9.59 Å². The SMILES string of the molecule is Cc1nc(C(=O)N(CC(N)=O)Cc2ccc(Br)cc2)n[nH]1. The number of nitrogens with zero attached hydrogens (tertiary/aromatic N) is 3. The molecule has 0 spiro atoms. The van der Waals surface area contributed by atoms with E-state index in [0.717, 1.165) is 10.0 Å². The minimum Gasteiger partial charge on any atom is -0.368 e. The number of primary amides is 1. The van der Waals surface area contributed by atoms with Crippen LogP contribution < -0.4 is 5.73 Å². The first-order valence-corrected chi connectivity index (χ1v) is 6.96. The number of hydrogen-bond donors (Lipinski definition) is 2. The van der Waals surface area contributed by atoms with Crippen LogP contribution in [0.4, 0.5) is 0 Å². The zero-order valence-electron chi connectivity index (χ0n) is 11.3. The summed E-state index contributed by atoms with van der Waals surface area (Å²) in [5.74, 6) is -0.485. The first-order chi connectivity index (χ1) is 9.95. The number of rotatable bonds is 5. The van der Waals surface area contributed by atoms with E-state index in [-0.39, 0.29) is 18.9 Å². The van der Waals surface area contributed by atoms with Crippen molar-refractivity contribution in [1.82, 2.24) is 20.1 Å². The highest BCUT2D eigenvalue weighted by molar-refractivity contribution is 9.10. The van der Waals surface area contributed by atoms with Gasteiger partial charge in [-0.15, -0.1) is 5.10 Å². The molecule has 7 nitrogen and oxygen atoms in total. The Morgan fingerprint density at radius 2 is 2.00 bits per heavy atom. The summed E-state index contributed by atoms with van der Waals surface area (Å²) in [5, 5.41) is 6.41. The number of aromatic amines is 1. The summed E-state index contributed by atoms with van der Waals surface area (Å²) in [6.07, 6.45) is 0. The predicted molar refractivity (Wildman–Crippen MR) is 79.2 cm³/mol. The van der Waals surface area contributed by atoms with Crippen LogP contribution in [0.5, 0.6) is 0 Å². The Hall–Kier alpha value is -2.22. The standard InChI is InChI=1S/C13H14BrN5O2/c1-8-16-12(18-17-8)13(21)19(7-11(15)20)6-9-2-4-10(14)5-3-9/h2-5H,6-7H2,1H3,(H2,15,20)(H,16,17,18). The molecule has 0 aliphatic heterocycles. The van der Waals surface area contributed by atoms with Gasteiger partial charge in [-0.3, -0.25) is 14.7 Å². The van der Waals surface area contributed by atoms with Gasteiger partial charge in [-0.2, -0.15) is 0 Å². The molecule has 0 radical (unpaired) electrons. The van der Waals surface area contributed by atoms with Crippen molar-refractivity contribution in [3.8, 4) is 0 Å². The molecule has 110 valence electrons. The topological polar surface area (TPSA) is 105 Å². The van der Waals surface area contributed by atoms with Gasteiger partial charge in [0.25, 0.3) is 5.91 Å². The van der Waals surface area contributed by atoms with Crippen molar-refractivity contribution in [3.63, 3.8) is 0 Å². The molecule has 0 saturated heterocycles. The lowest BCUT2D eigenvalue weighted by Crippen LogP contribution is -2.38. The highest BCUT2D eigenvalue weighted by Crippen LogP contribution is 2.13. The van der Waals surface area contributed by atoms with Gasteiger partial charge in [0.2, 0.25) is 11.7 Å². The summed E-state index contributed by atoms with van der Waals surface area (Å²) >= 11 is 3.34. The van der Waals surface area contributed by atoms with E-state index in [1.165, 1.54) is 4.90 Å². The number of benzene rings is 1. The van der Waals surface area contributed by atoms with E-state index < -0.39 is 11.8 Å². The Morgan fingerprint density at radius 1 is 1.33 bits per heavy atom. The second-order valence-corrected chi connectivity index (χ2v) is 5.41. The van der Waals surface area contributed by atoms with Gasteiger partial charge in [-0.05, 0) is 24.6 Å². The fourth-order valence-corrected chi connectivity index (χ4v) is 2.04. The van der Waals surface area contributed by atoms with Crippen molar-refractivity contribution in [2.75, 3.05) is 6.54 Å². The van der Waals surface area contributed by atoms with Crippen molar-refractivity contribution < 1.29 is 9.59 Å². The lowest BCUT2D eigenvalue weighted by molar-refractivity contribution is -0.118. The Bertz CT molecular complexity index is 653. The zero-order chi connectivity index (χ0) is 15.4. The summed E-state index contributed by atoms with van der Waals surface area (Å²) < 4.78 is 0.934. The molecule has 2 aromatic rings. The molecule has 0 saturated carbocycles. The van der Waals surface area contributed by atoms with Crippen LogP contribution in [-0.2, 0) is 11.3 Å². The molecule has 3 N–H and O–H groups in total. The van der Waals surface area contributed by atoms with Crippen LogP contribution in [0.3, 0.4) is 0 Å². The van der Waals surface area contributed by atoms with Gasteiger partial charge in [-0.1, -0.05) is 28.1 Å². The zero-order valence-corrected chi connectivity index (χ0v) is 12.9. The summed E-state index contributed by atoms with van der Waals surface area (Å²) in [7, 11) is 0. The minimum absolute atomic E-state index is 0.0193. The van der Waals surface area contributed by atoms with E-state index in [1.807, 2.05) is 24.3 Å². The Kier molecular flexibility index (Phi) is 4.69. The molecule has 1 aromatic carbocycles. The van der Waals surface area contributed by atoms with Gasteiger partial charge in [0.1, 0.15) is 12.4 Å². The van der Waals surface area contributed by atoms with Crippen LogP contribution in [0.25, 0.3) is 0 Å². The number of carbonyl (C=O) groups is 2. The number of amides is 2. The third-order valence-corrected chi connectivity index (χ3v) is 3.24. The van der Waals surface area contributed by atoms with Crippen LogP contribution in [0, 0.1) is 6.92 Å². The van der Waals surface area contributed by atoms with E-state index in [0.29, 0.717) is 5.82 Å². The molecule has 0 aliphatic rings. The molecule has 2 rings (SSSR count). The number of aromatic nitrogens is 3. The molecule has 0 fully saturated rings. The van der Waals surface area contributed by atoms with Crippen LogP contribution in [0.15, 0.2) is 28.7 Å². The lowest BCUT2D eigenvalue weighted by atomic mass is 10.2. The van der Waals surface area contributed by atoms with E-state index in [1.54, 1.807) is 6.92 Å². The van der Waals surface area contributed by atoms with E-state index in [4.69, 9.17) is 5.73 Å². The maximum Gasteiger partial charge on any atom is 0.294 e. The molecule has 21 heavy (non-hydrogen) atoms. The van der Waals surface area contributed by atoms with Crippen LogP contribution in [0.2, 0.25) is 0 Å². The third-order valence-electron chi connectivity index (χ3n) is 2.71. The molecule has 0 unspecified atom stereocenters. The second-order valence-electron chi connectivity index (χ2n) is 4.50. The quantitative estimate of drug-likeness (QED) is 0.838. The fourth-order valence-electron chi connectivity index (χ4n) is 1.78. The molecule has 0 bridgehead atoms. The number of halogens is 1. The monoisotopic (exact) mass is 351 g/mol. The Balaban J connectivity index is 2.19. The number of hydrogen-bond acceptors (Lipinski definition) is 4. The molecule has 1 aromatic heterocycles. The smallest absolute Gasteiger partial charge is 0.294 e. The summed E-state index contributed by atoms with van der Waals surface area (Å²) in [5.41, 5.74) is 6.08. The summed E-state index contributed by atoms with van der Waals surface area (Å²) in [4.78, 5) is 28.8. The van der Waals surface area contributed by atoms with Crippen LogP contribution in [-0.4, -0.2) is 38.4 Å². The molecular formula is C13H14BrN5O2. The van der Waals surface area contributed by atoms with E-state index >= 15 is 0 Å². The fraction of sp³-hybridized carbons (Fsp3) is 0.231. The predicted octanol–water partition coefficient (Wildman–Crippen LogP) is 1.00. The minimum atomic E-state index is -0.590. The van der Waals surface area contributed by atoms with Gasteiger partial charge in [0.05, 0.1) is 0 Å². The van der Waals surface area contributed by atoms with Crippen molar-refractivity contribution in [3.05, 3.63) is 46.0 Å². The average molecular weight is 352 g/mol. The van der Waals surface area contributed by atoms with Crippen molar-refractivity contribution in [2.45, 2.75) is 13.5 Å². The summed E-state index contributed by atoms with van der Waals surface area (Å²) in [6, 6.07) is 7.43. The van der Waals surface area contributed by atoms with Crippen LogP contribution >= 0.6 is 15.9 Å². The Labute approximate surface area is 129 Å². The molecular weight excluding hydrogens is 338 g/mol. The number of H-pyrrole nitrogens is 1. The normalized spacial score (nSPS) is 10.4. The van der Waals surface area contributed by atoms with Crippen molar-refractivity contribution >= 4 is 27.7 Å². The molecule has 0 aliphatic carbocycles. The number of carbonyl (C=O) groups excluding carboxylic acids is 2. The van der Waals surface area contributed by atoms with Gasteiger partial charge in [0.15, 0.2) is 0 Å². The second kappa shape index (κ2) is 6.49. The van der Waals surface area contributed by atoms with Gasteiger partial charge < -0.3 is 10.6 Å². The molecule has 8 heteroatoms. The largest absolute Gasteiger partial charge is 0.368 e. The van der Waals surface area contributed by atoms with Crippen molar-refractivity contribution in [2.24, 2.45) is 5.73 Å². The molecule has 2 amide bonds. The Morgan fingerprint density at radius 3 is 2.52 bits per heavy atom. The third kappa shape index (κ3) is 4.12. The number of aryl methyl sites for hydroxylation is 1. The number of nitrogens with one attached hydrogen (secondary N) is 1. The van der Waals surface area contributed by atoms with Crippen molar-refractivity contribution in [1.29, 1.82) is 0 Å². The maximum absolute atomic E-state index is 12.3. The highest BCUT2D eigenvalue weighted by atomic mass is 79.9. The molecule has 1 heterocycles. The van der Waals surface area contributed by atoms with Gasteiger partial charge >= 0.3 is 0 Å². The maximum atomic E-state index is 12.3. The van der Waals surface area contributed by atoms with E-state index in [2.05, 4.69) is 31.1 Å². The molecule has 0 atom stereocenters. The number of nitrogens with two attached hydrogens (primary N) is 1. The first kappa shape index (κ1) is 15.2. The van der Waals surface area contributed by atoms with Gasteiger partial charge in [-0.25, -0.2) is 4.98 Å². The highest BCUT2D eigenvalue weighted by Gasteiger charge is 2.21.